The fraction of sp³-hybridized carbons (Fsp3) is 0.167. The Morgan fingerprint density at radius 2 is 1.97 bits per heavy atom. The summed E-state index contributed by atoms with van der Waals surface area (Å²) in [5, 5.41) is 13.7. The number of rotatable bonds is 7. The highest BCUT2D eigenvalue weighted by Gasteiger charge is 2.30. The molecule has 0 fully saturated rings. The minimum atomic E-state index is -4.34. The Morgan fingerprint density at radius 3 is 2.74 bits per heavy atom. The normalized spacial score (nSPS) is 14.8. The number of anilines is 1. The molecule has 180 valence electrons. The van der Waals surface area contributed by atoms with Gasteiger partial charge in [-0.05, 0) is 35.7 Å². The molecule has 35 heavy (non-hydrogen) atoms. The van der Waals surface area contributed by atoms with Gasteiger partial charge in [0.05, 0.1) is 32.3 Å². The standard InChI is InChI=1S/C24H19ClN2O5S3/c25-16-7-9-19-18(12-16)27(14-23(28)29)22(33-19)13-21-26(10-3-11-35(30,31)32)24-17-5-2-1-4-15(17)6-8-20(24)34-21/h1-2,4-9,12-13H,3,10-11,14H2,(H-,28,29,30,31,32). The van der Waals surface area contributed by atoms with Crippen molar-refractivity contribution in [2.75, 3.05) is 17.2 Å². The van der Waals surface area contributed by atoms with Gasteiger partial charge in [-0.25, -0.2) is 8.42 Å². The summed E-state index contributed by atoms with van der Waals surface area (Å²) in [7, 11) is -4.34. The Kier molecular flexibility index (Phi) is 6.49. The molecule has 0 saturated heterocycles. The first kappa shape index (κ1) is 24.1. The Morgan fingerprint density at radius 1 is 1.17 bits per heavy atom. The van der Waals surface area contributed by atoms with Crippen LogP contribution in [-0.2, 0) is 21.5 Å². The van der Waals surface area contributed by atoms with Crippen LogP contribution in [-0.4, -0.2) is 36.3 Å². The SMILES string of the molecule is O=C(O)CN1/C(=C/c2sc3ccc4ccccc4c3[n+]2CCCS(=O)(=O)[O-])Sc2ccc(Cl)cc21. The number of carboxylic acids is 1. The number of thioether (sulfide) groups is 1. The van der Waals surface area contributed by atoms with Gasteiger partial charge < -0.3 is 14.6 Å². The average Bonchev–Trinajstić information content (AvgIpc) is 3.31. The molecule has 7 nitrogen and oxygen atoms in total. The lowest BCUT2D eigenvalue weighted by Gasteiger charge is -2.17. The molecule has 1 aliphatic heterocycles. The molecule has 11 heteroatoms. The van der Waals surface area contributed by atoms with Gasteiger partial charge in [-0.2, -0.15) is 4.57 Å². The predicted octanol–water partition coefficient (Wildman–Crippen LogP) is 4.93. The van der Waals surface area contributed by atoms with Gasteiger partial charge in [0.2, 0.25) is 5.52 Å². The largest absolute Gasteiger partial charge is 0.748 e. The van der Waals surface area contributed by atoms with Gasteiger partial charge >= 0.3 is 5.97 Å². The van der Waals surface area contributed by atoms with E-state index in [0.717, 1.165) is 41.6 Å². The highest BCUT2D eigenvalue weighted by atomic mass is 35.5. The molecule has 1 aliphatic rings. The summed E-state index contributed by atoms with van der Waals surface area (Å²) in [5.74, 6) is -1.43. The highest BCUT2D eigenvalue weighted by molar-refractivity contribution is 8.04. The van der Waals surface area contributed by atoms with E-state index in [4.69, 9.17) is 11.6 Å². The fourth-order valence-electron chi connectivity index (χ4n) is 4.19. The van der Waals surface area contributed by atoms with Crippen LogP contribution in [0.15, 0.2) is 64.5 Å². The summed E-state index contributed by atoms with van der Waals surface area (Å²) in [6, 6.07) is 17.4. The smallest absolute Gasteiger partial charge is 0.323 e. The second-order valence-corrected chi connectivity index (χ2v) is 12.1. The Labute approximate surface area is 215 Å². The molecule has 0 radical (unpaired) electrons. The summed E-state index contributed by atoms with van der Waals surface area (Å²) in [5.41, 5.74) is 1.68. The molecule has 0 spiro atoms. The quantitative estimate of drug-likeness (QED) is 0.259. The number of carbonyl (C=O) groups is 1. The van der Waals surface area contributed by atoms with Crippen LogP contribution in [0.4, 0.5) is 5.69 Å². The number of nitrogens with zero attached hydrogens (tertiary/aromatic N) is 2. The molecule has 0 saturated carbocycles. The third kappa shape index (κ3) is 5.03. The molecule has 0 amide bonds. The van der Waals surface area contributed by atoms with Gasteiger partial charge in [-0.15, -0.1) is 0 Å². The van der Waals surface area contributed by atoms with Gasteiger partial charge in [0.15, 0.2) is 6.54 Å². The summed E-state index contributed by atoms with van der Waals surface area (Å²) in [6.45, 7) is 0.103. The number of thiazole rings is 1. The van der Waals surface area contributed by atoms with Crippen LogP contribution in [0.1, 0.15) is 11.4 Å². The van der Waals surface area contributed by atoms with Crippen molar-refractivity contribution in [3.8, 4) is 0 Å². The second-order valence-electron chi connectivity index (χ2n) is 8.02. The van der Waals surface area contributed by atoms with E-state index in [0.29, 0.717) is 11.6 Å². The number of hydrogen-bond donors (Lipinski definition) is 1. The van der Waals surface area contributed by atoms with E-state index >= 15 is 0 Å². The number of aromatic nitrogens is 1. The van der Waals surface area contributed by atoms with Crippen molar-refractivity contribution >= 4 is 83.5 Å². The maximum atomic E-state index is 11.6. The van der Waals surface area contributed by atoms with Gasteiger partial charge in [0.1, 0.15) is 11.2 Å². The minimum Gasteiger partial charge on any atom is -0.748 e. The zero-order valence-corrected chi connectivity index (χ0v) is 21.4. The van der Waals surface area contributed by atoms with Crippen LogP contribution in [0.5, 0.6) is 0 Å². The Bertz CT molecular complexity index is 1610. The van der Waals surface area contributed by atoms with Crippen LogP contribution >= 0.6 is 34.7 Å². The average molecular weight is 547 g/mol. The molecule has 0 aliphatic carbocycles. The number of aliphatic carboxylic acids is 1. The van der Waals surface area contributed by atoms with E-state index in [1.54, 1.807) is 17.0 Å². The molecule has 4 aromatic rings. The number of hydrogen-bond acceptors (Lipinski definition) is 7. The molecule has 3 aromatic carbocycles. The Balaban J connectivity index is 1.65. The number of aryl methyl sites for hydroxylation is 1. The zero-order valence-electron chi connectivity index (χ0n) is 18.2. The van der Waals surface area contributed by atoms with Crippen molar-refractivity contribution in [2.24, 2.45) is 0 Å². The molecule has 2 heterocycles. The molecule has 5 rings (SSSR count). The second kappa shape index (κ2) is 9.44. The summed E-state index contributed by atoms with van der Waals surface area (Å²) in [6.07, 6.45) is 2.09. The third-order valence-electron chi connectivity index (χ3n) is 5.62. The molecular weight excluding hydrogens is 528 g/mol. The van der Waals surface area contributed by atoms with Crippen LogP contribution in [0, 0.1) is 0 Å². The molecule has 0 atom stereocenters. The molecule has 1 N–H and O–H groups in total. The lowest BCUT2D eigenvalue weighted by Crippen LogP contribution is -2.36. The molecule has 0 bridgehead atoms. The van der Waals surface area contributed by atoms with Crippen LogP contribution in [0.2, 0.25) is 5.02 Å². The van der Waals surface area contributed by atoms with E-state index < -0.39 is 21.8 Å². The van der Waals surface area contributed by atoms with E-state index in [9.17, 15) is 22.9 Å². The molecule has 0 unspecified atom stereocenters. The van der Waals surface area contributed by atoms with Gasteiger partial charge in [0.25, 0.3) is 5.01 Å². The maximum absolute atomic E-state index is 11.6. The first-order valence-electron chi connectivity index (χ1n) is 10.7. The van der Waals surface area contributed by atoms with E-state index in [-0.39, 0.29) is 13.0 Å². The van der Waals surface area contributed by atoms with E-state index in [2.05, 4.69) is 0 Å². The first-order valence-corrected chi connectivity index (χ1v) is 14.2. The zero-order chi connectivity index (χ0) is 24.7. The summed E-state index contributed by atoms with van der Waals surface area (Å²) < 4.78 is 36.8. The van der Waals surface area contributed by atoms with Crippen molar-refractivity contribution < 1.29 is 27.4 Å². The molecular formula is C24H19ClN2O5S3. The van der Waals surface area contributed by atoms with E-state index in [1.165, 1.54) is 23.1 Å². The highest BCUT2D eigenvalue weighted by Crippen LogP contribution is 2.47. The van der Waals surface area contributed by atoms with E-state index in [1.807, 2.05) is 53.1 Å². The van der Waals surface area contributed by atoms with Gasteiger partial charge in [0, 0.05) is 22.1 Å². The van der Waals surface area contributed by atoms with Crippen LogP contribution in [0.25, 0.3) is 27.1 Å². The Hall–Kier alpha value is -2.63. The topological polar surface area (TPSA) is 102 Å². The van der Waals surface area contributed by atoms with Gasteiger partial charge in [-0.1, -0.05) is 59.0 Å². The minimum absolute atomic E-state index is 0.170. The number of benzene rings is 3. The lowest BCUT2D eigenvalue weighted by molar-refractivity contribution is -0.667. The summed E-state index contributed by atoms with van der Waals surface area (Å²) in [4.78, 5) is 14.2. The number of halogens is 1. The summed E-state index contributed by atoms with van der Waals surface area (Å²) >= 11 is 9.17. The van der Waals surface area contributed by atoms with Gasteiger partial charge in [-0.3, -0.25) is 4.79 Å². The first-order chi connectivity index (χ1) is 16.7. The number of carboxylic acid groups (broad SMARTS) is 1. The lowest BCUT2D eigenvalue weighted by atomic mass is 10.1. The van der Waals surface area contributed by atoms with Crippen molar-refractivity contribution in [1.29, 1.82) is 0 Å². The monoisotopic (exact) mass is 546 g/mol. The van der Waals surface area contributed by atoms with Crippen molar-refractivity contribution in [2.45, 2.75) is 17.9 Å². The fourth-order valence-corrected chi connectivity index (χ4v) is 7.13. The predicted molar refractivity (Wildman–Crippen MR) is 139 cm³/mol. The number of fused-ring (bicyclic) bond motifs is 4. The van der Waals surface area contributed by atoms with Crippen LogP contribution < -0.4 is 9.47 Å². The van der Waals surface area contributed by atoms with Crippen molar-refractivity contribution in [3.05, 3.63) is 69.7 Å². The maximum Gasteiger partial charge on any atom is 0.323 e. The van der Waals surface area contributed by atoms with Crippen LogP contribution in [0.3, 0.4) is 0 Å². The van der Waals surface area contributed by atoms with Crippen molar-refractivity contribution in [1.82, 2.24) is 0 Å². The third-order valence-corrected chi connectivity index (χ3v) is 8.86. The van der Waals surface area contributed by atoms with Crippen molar-refractivity contribution in [3.63, 3.8) is 0 Å². The molecule has 1 aromatic heterocycles.